The molecule has 0 unspecified atom stereocenters. The van der Waals surface area contributed by atoms with E-state index in [9.17, 15) is 34.2 Å². The van der Waals surface area contributed by atoms with Crippen LogP contribution in [0.3, 0.4) is 0 Å². The van der Waals surface area contributed by atoms with Crippen LogP contribution < -0.4 is 27.4 Å². The summed E-state index contributed by atoms with van der Waals surface area (Å²) in [6, 6.07) is -5.34. The standard InChI is InChI=1S/C21H35N7O8/c1-11(29)17(28-18(32)13(23)8-12-9-24-10-25-12)20(34)26-14(5-6-16(30)31)19(33)27-15(21(35)36)4-2-3-7-22/h9-11,13-15,17,29H,2-8,22-23H2,1H3,(H,24,25)(H,26,34)(H,27,33)(H,28,32)(H,30,31)(H,35,36)/t11-,13+,14+,15+,17+/m1/s1. The number of carboxylic acids is 2. The van der Waals surface area contributed by atoms with E-state index >= 15 is 0 Å². The number of H-pyrrole nitrogens is 1. The highest BCUT2D eigenvalue weighted by atomic mass is 16.4. The molecule has 15 nitrogen and oxygen atoms in total. The van der Waals surface area contributed by atoms with Gasteiger partial charge in [-0.2, -0.15) is 0 Å². The molecule has 3 amide bonds. The average molecular weight is 514 g/mol. The maximum absolute atomic E-state index is 12.8. The first-order valence-corrected chi connectivity index (χ1v) is 11.4. The van der Waals surface area contributed by atoms with Crippen molar-refractivity contribution in [2.24, 2.45) is 11.5 Å². The Hall–Kier alpha value is -3.56. The summed E-state index contributed by atoms with van der Waals surface area (Å²) in [4.78, 5) is 67.3. The molecule has 0 radical (unpaired) electrons. The number of aliphatic hydroxyl groups excluding tert-OH is 1. The normalized spacial score (nSPS) is 15.1. The summed E-state index contributed by atoms with van der Waals surface area (Å²) in [5.74, 6) is -5.22. The molecule has 11 N–H and O–H groups in total. The van der Waals surface area contributed by atoms with E-state index in [0.29, 0.717) is 25.1 Å². The molecular weight excluding hydrogens is 478 g/mol. The number of nitrogens with zero attached hydrogens (tertiary/aromatic N) is 1. The third kappa shape index (κ3) is 10.8. The van der Waals surface area contributed by atoms with Crippen LogP contribution in [0.2, 0.25) is 0 Å². The molecule has 0 saturated heterocycles. The van der Waals surface area contributed by atoms with Crippen molar-refractivity contribution >= 4 is 29.7 Å². The van der Waals surface area contributed by atoms with Gasteiger partial charge in [-0.1, -0.05) is 0 Å². The van der Waals surface area contributed by atoms with E-state index in [1.54, 1.807) is 0 Å². The number of carbonyl (C=O) groups excluding carboxylic acids is 3. The lowest BCUT2D eigenvalue weighted by molar-refractivity contribution is -0.143. The summed E-state index contributed by atoms with van der Waals surface area (Å²) in [5, 5.41) is 35.3. The van der Waals surface area contributed by atoms with E-state index in [-0.39, 0.29) is 19.3 Å². The number of aliphatic carboxylic acids is 2. The fourth-order valence-corrected chi connectivity index (χ4v) is 3.21. The van der Waals surface area contributed by atoms with E-state index < -0.39 is 66.4 Å². The van der Waals surface area contributed by atoms with Crippen molar-refractivity contribution < 1.29 is 39.3 Å². The van der Waals surface area contributed by atoms with E-state index in [0.717, 1.165) is 0 Å². The third-order valence-electron chi connectivity index (χ3n) is 5.22. The Labute approximate surface area is 207 Å². The summed E-state index contributed by atoms with van der Waals surface area (Å²) in [7, 11) is 0. The fraction of sp³-hybridized carbons (Fsp3) is 0.619. The van der Waals surface area contributed by atoms with Gasteiger partial charge in [0, 0.05) is 19.0 Å². The van der Waals surface area contributed by atoms with Gasteiger partial charge in [0.05, 0.1) is 24.2 Å². The fourth-order valence-electron chi connectivity index (χ4n) is 3.21. The predicted octanol–water partition coefficient (Wildman–Crippen LogP) is -2.81. The number of unbranched alkanes of at least 4 members (excludes halogenated alkanes) is 1. The van der Waals surface area contributed by atoms with Crippen LogP contribution in [0.1, 0.15) is 44.7 Å². The molecule has 0 aliphatic heterocycles. The van der Waals surface area contributed by atoms with E-state index in [2.05, 4.69) is 25.9 Å². The lowest BCUT2D eigenvalue weighted by Crippen LogP contribution is -2.60. The zero-order valence-electron chi connectivity index (χ0n) is 20.0. The van der Waals surface area contributed by atoms with Crippen LogP contribution in [0.25, 0.3) is 0 Å². The summed E-state index contributed by atoms with van der Waals surface area (Å²) in [6.45, 7) is 1.57. The Morgan fingerprint density at radius 2 is 1.67 bits per heavy atom. The van der Waals surface area contributed by atoms with Gasteiger partial charge < -0.3 is 47.7 Å². The molecule has 1 rings (SSSR count). The van der Waals surface area contributed by atoms with E-state index in [1.807, 2.05) is 0 Å². The van der Waals surface area contributed by atoms with Gasteiger partial charge in [0.1, 0.15) is 18.1 Å². The number of aromatic nitrogens is 2. The average Bonchev–Trinajstić information content (AvgIpc) is 3.31. The number of imidazole rings is 1. The zero-order valence-corrected chi connectivity index (χ0v) is 20.0. The Morgan fingerprint density at radius 3 is 2.19 bits per heavy atom. The molecule has 36 heavy (non-hydrogen) atoms. The molecule has 0 aromatic carbocycles. The van der Waals surface area contributed by atoms with Gasteiger partial charge in [0.25, 0.3) is 0 Å². The molecule has 0 fully saturated rings. The topological polar surface area (TPSA) is 263 Å². The highest BCUT2D eigenvalue weighted by molar-refractivity contribution is 5.94. The van der Waals surface area contributed by atoms with Gasteiger partial charge in [-0.15, -0.1) is 0 Å². The van der Waals surface area contributed by atoms with Crippen molar-refractivity contribution in [2.75, 3.05) is 6.54 Å². The summed E-state index contributed by atoms with van der Waals surface area (Å²) < 4.78 is 0. The van der Waals surface area contributed by atoms with Crippen molar-refractivity contribution in [1.82, 2.24) is 25.9 Å². The monoisotopic (exact) mass is 513 g/mol. The maximum atomic E-state index is 12.8. The molecular formula is C21H35N7O8. The number of hydrogen-bond acceptors (Lipinski definition) is 9. The highest BCUT2D eigenvalue weighted by Gasteiger charge is 2.32. The van der Waals surface area contributed by atoms with Crippen LogP contribution in [-0.4, -0.2) is 91.8 Å². The molecule has 5 atom stereocenters. The van der Waals surface area contributed by atoms with Crippen LogP contribution in [0, 0.1) is 0 Å². The van der Waals surface area contributed by atoms with Crippen LogP contribution in [0.4, 0.5) is 0 Å². The number of aromatic amines is 1. The van der Waals surface area contributed by atoms with Crippen LogP contribution in [-0.2, 0) is 30.4 Å². The molecule has 202 valence electrons. The molecule has 0 aliphatic rings. The molecule has 1 aromatic rings. The molecule has 15 heteroatoms. The minimum absolute atomic E-state index is 0.0495. The minimum Gasteiger partial charge on any atom is -0.481 e. The maximum Gasteiger partial charge on any atom is 0.326 e. The number of hydrogen-bond donors (Lipinski definition) is 9. The zero-order chi connectivity index (χ0) is 27.3. The first-order valence-electron chi connectivity index (χ1n) is 11.4. The van der Waals surface area contributed by atoms with Gasteiger partial charge in [-0.3, -0.25) is 19.2 Å². The molecule has 0 saturated carbocycles. The van der Waals surface area contributed by atoms with Crippen molar-refractivity contribution in [3.05, 3.63) is 18.2 Å². The SMILES string of the molecule is C[C@@H](O)[C@H](NC(=O)[C@@H](N)Cc1c[nH]cn1)C(=O)N[C@@H](CCC(=O)O)C(=O)N[C@@H](CCCCN)C(=O)O. The first kappa shape index (κ1) is 30.5. The van der Waals surface area contributed by atoms with Crippen LogP contribution in [0.15, 0.2) is 12.5 Å². The third-order valence-corrected chi connectivity index (χ3v) is 5.22. The molecule has 0 aliphatic carbocycles. The molecule has 1 aromatic heterocycles. The van der Waals surface area contributed by atoms with Crippen LogP contribution in [0.5, 0.6) is 0 Å². The van der Waals surface area contributed by atoms with Crippen molar-refractivity contribution in [3.63, 3.8) is 0 Å². The van der Waals surface area contributed by atoms with Crippen molar-refractivity contribution in [2.45, 2.75) is 75.7 Å². The number of amides is 3. The molecule has 1 heterocycles. The largest absolute Gasteiger partial charge is 0.481 e. The van der Waals surface area contributed by atoms with Crippen molar-refractivity contribution in [1.29, 1.82) is 0 Å². The molecule has 0 bridgehead atoms. The Bertz CT molecular complexity index is 878. The van der Waals surface area contributed by atoms with Crippen LogP contribution >= 0.6 is 0 Å². The van der Waals surface area contributed by atoms with Gasteiger partial charge >= 0.3 is 11.9 Å². The van der Waals surface area contributed by atoms with Gasteiger partial charge in [0.2, 0.25) is 17.7 Å². The smallest absolute Gasteiger partial charge is 0.326 e. The number of carboxylic acid groups (broad SMARTS) is 2. The van der Waals surface area contributed by atoms with Gasteiger partial charge in [-0.05, 0) is 39.2 Å². The Morgan fingerprint density at radius 1 is 1.00 bits per heavy atom. The quantitative estimate of drug-likeness (QED) is 0.0960. The summed E-state index contributed by atoms with van der Waals surface area (Å²) in [6.07, 6.45) is 1.76. The highest BCUT2D eigenvalue weighted by Crippen LogP contribution is 2.06. The number of rotatable bonds is 17. The second-order valence-corrected chi connectivity index (χ2v) is 8.28. The lowest BCUT2D eigenvalue weighted by Gasteiger charge is -2.26. The number of nitrogens with two attached hydrogens (primary N) is 2. The summed E-state index contributed by atoms with van der Waals surface area (Å²) >= 11 is 0. The second kappa shape index (κ2) is 15.4. The Kier molecular flexibility index (Phi) is 13.1. The minimum atomic E-state index is -1.53. The first-order chi connectivity index (χ1) is 17.0. The Balaban J connectivity index is 2.91. The van der Waals surface area contributed by atoms with Gasteiger partial charge in [-0.25, -0.2) is 9.78 Å². The number of carbonyl (C=O) groups is 5. The lowest BCUT2D eigenvalue weighted by atomic mass is 10.1. The molecule has 0 spiro atoms. The number of nitrogens with one attached hydrogen (secondary N) is 4. The van der Waals surface area contributed by atoms with Gasteiger partial charge in [0.15, 0.2) is 0 Å². The number of aliphatic hydroxyl groups is 1. The van der Waals surface area contributed by atoms with E-state index in [4.69, 9.17) is 16.6 Å². The summed E-state index contributed by atoms with van der Waals surface area (Å²) in [5.41, 5.74) is 11.8. The predicted molar refractivity (Wildman–Crippen MR) is 125 cm³/mol. The van der Waals surface area contributed by atoms with Crippen molar-refractivity contribution in [3.8, 4) is 0 Å². The van der Waals surface area contributed by atoms with E-state index in [1.165, 1.54) is 19.4 Å². The second-order valence-electron chi connectivity index (χ2n) is 8.28.